The maximum Gasteiger partial charge on any atom is 0.234 e. The van der Waals surface area contributed by atoms with E-state index in [1.165, 1.54) is 11.8 Å². The van der Waals surface area contributed by atoms with Gasteiger partial charge in [0.1, 0.15) is 5.82 Å². The molecule has 4 rings (SSSR count). The smallest absolute Gasteiger partial charge is 0.234 e. The van der Waals surface area contributed by atoms with Crippen molar-refractivity contribution < 1.29 is 4.79 Å². The maximum atomic E-state index is 12.6. The van der Waals surface area contributed by atoms with Crippen LogP contribution in [0.1, 0.15) is 22.5 Å². The van der Waals surface area contributed by atoms with E-state index in [2.05, 4.69) is 15.5 Å². The maximum absolute atomic E-state index is 12.6. The minimum atomic E-state index is -0.0782. The number of nitrogens with zero attached hydrogens (tertiary/aromatic N) is 3. The van der Waals surface area contributed by atoms with Gasteiger partial charge in [0.25, 0.3) is 0 Å². The van der Waals surface area contributed by atoms with E-state index in [0.717, 1.165) is 33.9 Å². The average molecular weight is 463 g/mol. The van der Waals surface area contributed by atoms with Crippen molar-refractivity contribution in [3.8, 4) is 5.69 Å². The van der Waals surface area contributed by atoms with Crippen LogP contribution in [0.5, 0.6) is 0 Å². The summed E-state index contributed by atoms with van der Waals surface area (Å²) in [6.07, 6.45) is 0.605. The quantitative estimate of drug-likeness (QED) is 0.349. The number of rotatable bonds is 7. The molecule has 0 atom stereocenters. The lowest BCUT2D eigenvalue weighted by Crippen LogP contribution is -2.15. The molecule has 0 spiro atoms. The molecule has 4 aromatic rings. The second-order valence-corrected chi connectivity index (χ2v) is 8.84. The second kappa shape index (κ2) is 10.0. The van der Waals surface area contributed by atoms with Crippen LogP contribution in [0.3, 0.4) is 0 Å². The van der Waals surface area contributed by atoms with Crippen LogP contribution in [0, 0.1) is 13.8 Å². The zero-order chi connectivity index (χ0) is 22.5. The molecule has 0 saturated heterocycles. The van der Waals surface area contributed by atoms with Crippen molar-refractivity contribution in [2.45, 2.75) is 25.4 Å². The highest BCUT2D eigenvalue weighted by molar-refractivity contribution is 7.99. The molecule has 0 aliphatic carbocycles. The van der Waals surface area contributed by atoms with E-state index in [0.29, 0.717) is 16.6 Å². The number of carbonyl (C=O) groups excluding carboxylic acids is 1. The first-order valence-electron chi connectivity index (χ1n) is 10.2. The lowest BCUT2D eigenvalue weighted by molar-refractivity contribution is -0.113. The molecule has 5 nitrogen and oxygen atoms in total. The Morgan fingerprint density at radius 2 is 1.72 bits per heavy atom. The van der Waals surface area contributed by atoms with Gasteiger partial charge >= 0.3 is 0 Å². The number of carbonyl (C=O) groups is 1. The summed E-state index contributed by atoms with van der Waals surface area (Å²) in [6.45, 7) is 4.04. The van der Waals surface area contributed by atoms with Gasteiger partial charge in [0.2, 0.25) is 5.91 Å². The first kappa shape index (κ1) is 22.1. The minimum absolute atomic E-state index is 0.0782. The van der Waals surface area contributed by atoms with Gasteiger partial charge in [0.15, 0.2) is 5.16 Å². The summed E-state index contributed by atoms with van der Waals surface area (Å²) in [5.41, 5.74) is 5.10. The summed E-state index contributed by atoms with van der Waals surface area (Å²) >= 11 is 7.39. The Morgan fingerprint density at radius 1 is 0.969 bits per heavy atom. The molecule has 0 bridgehead atoms. The molecule has 1 amide bonds. The van der Waals surface area contributed by atoms with Gasteiger partial charge in [-0.15, -0.1) is 10.2 Å². The van der Waals surface area contributed by atoms with Crippen molar-refractivity contribution in [3.63, 3.8) is 0 Å². The summed E-state index contributed by atoms with van der Waals surface area (Å²) in [6, 6.07) is 23.5. The molecule has 0 aliphatic rings. The Kier molecular flexibility index (Phi) is 6.93. The van der Waals surface area contributed by atoms with E-state index in [1.807, 2.05) is 91.2 Å². The number of thioether (sulfide) groups is 1. The molecular weight excluding hydrogens is 440 g/mol. The monoisotopic (exact) mass is 462 g/mol. The van der Waals surface area contributed by atoms with Crippen LogP contribution in [-0.2, 0) is 11.2 Å². The van der Waals surface area contributed by atoms with Crippen LogP contribution >= 0.6 is 23.4 Å². The van der Waals surface area contributed by atoms with Gasteiger partial charge in [-0.25, -0.2) is 0 Å². The number of aromatic nitrogens is 3. The van der Waals surface area contributed by atoms with Crippen molar-refractivity contribution >= 4 is 35.0 Å². The first-order valence-corrected chi connectivity index (χ1v) is 11.6. The van der Waals surface area contributed by atoms with Crippen LogP contribution in [-0.4, -0.2) is 26.4 Å². The summed E-state index contributed by atoms with van der Waals surface area (Å²) < 4.78 is 2.00. The van der Waals surface area contributed by atoms with Crippen LogP contribution in [0.25, 0.3) is 5.69 Å². The Balaban J connectivity index is 1.54. The normalized spacial score (nSPS) is 10.8. The zero-order valence-electron chi connectivity index (χ0n) is 17.9. The molecule has 0 radical (unpaired) electrons. The van der Waals surface area contributed by atoms with Crippen molar-refractivity contribution in [2.75, 3.05) is 11.1 Å². The number of para-hydroxylation sites is 1. The van der Waals surface area contributed by atoms with E-state index in [-0.39, 0.29) is 11.7 Å². The highest BCUT2D eigenvalue weighted by atomic mass is 35.5. The number of anilines is 1. The molecule has 7 heteroatoms. The van der Waals surface area contributed by atoms with E-state index in [9.17, 15) is 4.79 Å². The summed E-state index contributed by atoms with van der Waals surface area (Å²) in [5, 5.41) is 13.2. The molecule has 1 heterocycles. The van der Waals surface area contributed by atoms with Crippen LogP contribution < -0.4 is 5.32 Å². The Hall–Kier alpha value is -3.09. The summed E-state index contributed by atoms with van der Waals surface area (Å²) in [4.78, 5) is 12.6. The number of aryl methyl sites for hydroxylation is 1. The van der Waals surface area contributed by atoms with Gasteiger partial charge in [0, 0.05) is 22.8 Å². The lowest BCUT2D eigenvalue weighted by Gasteiger charge is -2.12. The molecule has 0 fully saturated rings. The van der Waals surface area contributed by atoms with E-state index in [1.54, 1.807) is 0 Å². The molecule has 3 aromatic carbocycles. The topological polar surface area (TPSA) is 59.8 Å². The predicted octanol–water partition coefficient (Wildman–Crippen LogP) is 5.86. The van der Waals surface area contributed by atoms with Gasteiger partial charge in [-0.1, -0.05) is 65.8 Å². The van der Waals surface area contributed by atoms with Crippen LogP contribution in [0.15, 0.2) is 78.0 Å². The molecule has 162 valence electrons. The molecule has 1 aromatic heterocycles. The Labute approximate surface area is 196 Å². The van der Waals surface area contributed by atoms with Gasteiger partial charge in [-0.05, 0) is 60.9 Å². The van der Waals surface area contributed by atoms with Crippen molar-refractivity contribution in [3.05, 3.63) is 100 Å². The zero-order valence-corrected chi connectivity index (χ0v) is 19.5. The fourth-order valence-corrected chi connectivity index (χ4v) is 4.23. The molecule has 1 N–H and O–H groups in total. The van der Waals surface area contributed by atoms with Crippen LogP contribution in [0.2, 0.25) is 5.02 Å². The third kappa shape index (κ3) is 5.21. The van der Waals surface area contributed by atoms with E-state index in [4.69, 9.17) is 11.6 Å². The predicted molar refractivity (Wildman–Crippen MR) is 131 cm³/mol. The van der Waals surface area contributed by atoms with Gasteiger partial charge in [-0.3, -0.25) is 9.36 Å². The lowest BCUT2D eigenvalue weighted by atomic mass is 10.1. The fraction of sp³-hybridized carbons (Fsp3) is 0.160. The van der Waals surface area contributed by atoms with Gasteiger partial charge < -0.3 is 5.32 Å². The van der Waals surface area contributed by atoms with E-state index < -0.39 is 0 Å². The standard InChI is InChI=1S/C25H23ClN4OS/c1-17-7-6-10-22(18(17)2)27-24(31)16-32-25-29-28-23(15-19-11-13-20(26)14-12-19)30(25)21-8-4-3-5-9-21/h3-14H,15-16H2,1-2H3,(H,27,31). The highest BCUT2D eigenvalue weighted by Crippen LogP contribution is 2.25. The van der Waals surface area contributed by atoms with E-state index >= 15 is 0 Å². The number of hydrogen-bond donors (Lipinski definition) is 1. The fourth-order valence-electron chi connectivity index (χ4n) is 3.33. The second-order valence-electron chi connectivity index (χ2n) is 7.46. The van der Waals surface area contributed by atoms with Gasteiger partial charge in [-0.2, -0.15) is 0 Å². The minimum Gasteiger partial charge on any atom is -0.325 e. The number of amides is 1. The SMILES string of the molecule is Cc1cccc(NC(=O)CSc2nnc(Cc3ccc(Cl)cc3)n2-c2ccccc2)c1C. The number of benzene rings is 3. The average Bonchev–Trinajstić information content (AvgIpc) is 3.20. The number of halogens is 1. The van der Waals surface area contributed by atoms with Crippen LogP contribution in [0.4, 0.5) is 5.69 Å². The van der Waals surface area contributed by atoms with Crippen molar-refractivity contribution in [2.24, 2.45) is 0 Å². The molecule has 0 saturated carbocycles. The molecule has 0 unspecified atom stereocenters. The van der Waals surface area contributed by atoms with Crippen molar-refractivity contribution in [1.82, 2.24) is 14.8 Å². The van der Waals surface area contributed by atoms with Crippen molar-refractivity contribution in [1.29, 1.82) is 0 Å². The molecule has 0 aliphatic heterocycles. The Morgan fingerprint density at radius 3 is 2.47 bits per heavy atom. The summed E-state index contributed by atoms with van der Waals surface area (Å²) in [7, 11) is 0. The third-order valence-electron chi connectivity index (χ3n) is 5.20. The summed E-state index contributed by atoms with van der Waals surface area (Å²) in [5.74, 6) is 0.959. The van der Waals surface area contributed by atoms with Gasteiger partial charge in [0.05, 0.1) is 5.75 Å². The Bertz CT molecular complexity index is 1220. The number of hydrogen-bond acceptors (Lipinski definition) is 4. The molecule has 32 heavy (non-hydrogen) atoms. The number of nitrogens with one attached hydrogen (secondary N) is 1. The first-order chi connectivity index (χ1) is 15.5. The highest BCUT2D eigenvalue weighted by Gasteiger charge is 2.16. The molecular formula is C25H23ClN4OS. The largest absolute Gasteiger partial charge is 0.325 e. The third-order valence-corrected chi connectivity index (χ3v) is 6.38.